The molecule has 4 aromatic rings. The maximum Gasteiger partial charge on any atom is 0.405 e. The number of ether oxygens (including phenoxy) is 2. The Kier molecular flexibility index (Phi) is 12.8. The van der Waals surface area contributed by atoms with Crippen molar-refractivity contribution < 1.29 is 46.3 Å². The summed E-state index contributed by atoms with van der Waals surface area (Å²) >= 11 is 0. The maximum atomic E-state index is 16.2. The second-order valence-electron chi connectivity index (χ2n) is 14.8. The molecular weight excluding hydrogens is 703 g/mol. The molecule has 4 aromatic carbocycles. The first-order chi connectivity index (χ1) is 24.7. The van der Waals surface area contributed by atoms with Gasteiger partial charge in [0.25, 0.3) is 0 Å². The summed E-state index contributed by atoms with van der Waals surface area (Å²) in [6.45, 7) is 8.68. The van der Waals surface area contributed by atoms with Gasteiger partial charge in [0.1, 0.15) is 13.2 Å². The Bertz CT molecular complexity index is 1830. The van der Waals surface area contributed by atoms with Crippen molar-refractivity contribution in [2.75, 3.05) is 0 Å². The summed E-state index contributed by atoms with van der Waals surface area (Å²) in [6, 6.07) is 28.6. The minimum absolute atomic E-state index is 0.157. The van der Waals surface area contributed by atoms with Gasteiger partial charge in [0, 0.05) is 11.1 Å². The minimum atomic E-state index is -5.12. The van der Waals surface area contributed by atoms with Crippen molar-refractivity contribution in [3.63, 3.8) is 0 Å². The van der Waals surface area contributed by atoms with Crippen molar-refractivity contribution >= 4 is 25.4 Å². The van der Waals surface area contributed by atoms with Gasteiger partial charge in [-0.05, 0) is 88.8 Å². The average Bonchev–Trinajstić information content (AvgIpc) is 3.09. The summed E-state index contributed by atoms with van der Waals surface area (Å²) in [5.74, 6) is -2.47. The van der Waals surface area contributed by atoms with Crippen LogP contribution in [-0.2, 0) is 64.4 Å². The van der Waals surface area contributed by atoms with Gasteiger partial charge in [0.05, 0.1) is 11.2 Å². The van der Waals surface area contributed by atoms with Crippen LogP contribution in [0.25, 0.3) is 0 Å². The first-order valence-corrected chi connectivity index (χ1v) is 18.6. The molecule has 0 aliphatic carbocycles. The van der Waals surface area contributed by atoms with E-state index in [1.807, 2.05) is 12.1 Å². The van der Waals surface area contributed by atoms with Gasteiger partial charge in [-0.3, -0.25) is 28.0 Å². The Hall–Kier alpha value is -4.70. The van der Waals surface area contributed by atoms with Crippen LogP contribution >= 0.6 is 7.60 Å². The van der Waals surface area contributed by atoms with Crippen molar-refractivity contribution in [1.82, 2.24) is 0 Å². The maximum absolute atomic E-state index is 16.2. The first kappa shape index (κ1) is 41.1. The molecule has 1 amide bonds. The molecule has 0 bridgehead atoms. The molecule has 53 heavy (non-hydrogen) atoms. The highest BCUT2D eigenvalue weighted by atomic mass is 31.2. The molecule has 0 fully saturated rings. The van der Waals surface area contributed by atoms with Crippen LogP contribution in [0.5, 0.6) is 0 Å². The molecule has 0 aliphatic heterocycles. The molecule has 0 spiro atoms. The number of benzene rings is 4. The monoisotopic (exact) mass is 749 g/mol. The molecule has 0 saturated carbocycles. The van der Waals surface area contributed by atoms with Crippen molar-refractivity contribution in [3.05, 3.63) is 143 Å². The summed E-state index contributed by atoms with van der Waals surface area (Å²) in [6.07, 6.45) is -0.564. The molecule has 0 radical (unpaired) electrons. The van der Waals surface area contributed by atoms with E-state index in [0.29, 0.717) is 22.3 Å². The molecule has 9 nitrogen and oxygen atoms in total. The van der Waals surface area contributed by atoms with Crippen LogP contribution in [0.3, 0.4) is 0 Å². The van der Waals surface area contributed by atoms with Crippen LogP contribution in [0.4, 0.5) is 8.78 Å². The molecule has 0 unspecified atom stereocenters. The van der Waals surface area contributed by atoms with Crippen LogP contribution in [-0.4, -0.2) is 29.0 Å². The fourth-order valence-corrected chi connectivity index (χ4v) is 7.65. The lowest BCUT2D eigenvalue weighted by Crippen LogP contribution is -2.45. The van der Waals surface area contributed by atoms with Crippen molar-refractivity contribution in [1.29, 1.82) is 0 Å². The average molecular weight is 750 g/mol. The molecule has 0 aromatic heterocycles. The van der Waals surface area contributed by atoms with E-state index >= 15 is 8.78 Å². The Labute approximate surface area is 309 Å². The van der Waals surface area contributed by atoms with E-state index in [0.717, 1.165) is 12.1 Å². The standard InChI is InChI=1S/C41H46F2NO8P/c1-38(2,3)51-53(48,52-39(4,5)6)41(42,43)34-23-19-30(20-24-34)26-40(25-29-17-21-33(22-18-29)35(44)45,36(46)49-27-31-13-9-7-10-14-31)37(47)50-28-32-15-11-8-12-16-32/h7-24H,25-28H2,1-6H3,(H2,44,45). The first-order valence-electron chi connectivity index (χ1n) is 17.0. The van der Waals surface area contributed by atoms with Crippen LogP contribution < -0.4 is 5.73 Å². The number of nitrogens with two attached hydrogens (primary N) is 1. The second-order valence-corrected chi connectivity index (χ2v) is 16.7. The third kappa shape index (κ3) is 10.9. The number of esters is 2. The van der Waals surface area contributed by atoms with Gasteiger partial charge in [0.2, 0.25) is 5.91 Å². The smallest absolute Gasteiger partial charge is 0.405 e. The topological polar surface area (TPSA) is 131 Å². The molecule has 0 saturated heterocycles. The number of rotatable bonds is 15. The van der Waals surface area contributed by atoms with Crippen molar-refractivity contribution in [2.24, 2.45) is 11.1 Å². The summed E-state index contributed by atoms with van der Waals surface area (Å²) in [5.41, 5.74) is -1.45. The van der Waals surface area contributed by atoms with Gasteiger partial charge >= 0.3 is 25.2 Å². The van der Waals surface area contributed by atoms with E-state index in [2.05, 4.69) is 0 Å². The van der Waals surface area contributed by atoms with Crippen LogP contribution in [0.15, 0.2) is 109 Å². The summed E-state index contributed by atoms with van der Waals surface area (Å²) in [7, 11) is -5.12. The highest BCUT2D eigenvalue weighted by molar-refractivity contribution is 7.54. The number of carbonyl (C=O) groups is 3. The predicted octanol–water partition coefficient (Wildman–Crippen LogP) is 8.92. The van der Waals surface area contributed by atoms with Gasteiger partial charge < -0.3 is 15.2 Å². The van der Waals surface area contributed by atoms with Crippen molar-refractivity contribution in [3.8, 4) is 0 Å². The highest BCUT2D eigenvalue weighted by Crippen LogP contribution is 2.69. The number of halogens is 2. The highest BCUT2D eigenvalue weighted by Gasteiger charge is 2.58. The number of alkyl halides is 2. The molecule has 4 rings (SSSR count). The normalized spacial score (nSPS) is 12.6. The third-order valence-corrected chi connectivity index (χ3v) is 10.4. The molecule has 0 heterocycles. The Morgan fingerprint density at radius 3 is 1.32 bits per heavy atom. The molecule has 0 atom stereocenters. The number of primary amides is 1. The summed E-state index contributed by atoms with van der Waals surface area (Å²) in [5, 5.41) is 0. The van der Waals surface area contributed by atoms with Crippen LogP contribution in [0.1, 0.15) is 79.7 Å². The summed E-state index contributed by atoms with van der Waals surface area (Å²) < 4.78 is 68.7. The van der Waals surface area contributed by atoms with Gasteiger partial charge in [0.15, 0.2) is 5.41 Å². The fraction of sp³-hybridized carbons (Fsp3) is 0.341. The second kappa shape index (κ2) is 16.5. The van der Waals surface area contributed by atoms with E-state index in [9.17, 15) is 18.9 Å². The van der Waals surface area contributed by atoms with Gasteiger partial charge in [-0.15, -0.1) is 0 Å². The van der Waals surface area contributed by atoms with E-state index in [1.165, 1.54) is 65.8 Å². The lowest BCUT2D eigenvalue weighted by molar-refractivity contribution is -0.174. The lowest BCUT2D eigenvalue weighted by atomic mass is 9.76. The third-order valence-electron chi connectivity index (χ3n) is 7.89. The number of hydrogen-bond acceptors (Lipinski definition) is 8. The van der Waals surface area contributed by atoms with Crippen LogP contribution in [0, 0.1) is 5.41 Å². The van der Waals surface area contributed by atoms with E-state index in [-0.39, 0.29) is 31.6 Å². The Morgan fingerprint density at radius 2 is 0.962 bits per heavy atom. The van der Waals surface area contributed by atoms with E-state index < -0.39 is 53.3 Å². The SMILES string of the molecule is CC(C)(C)OP(=O)(OC(C)(C)C)C(F)(F)c1ccc(CC(Cc2ccc(C(N)=O)cc2)(C(=O)OCc2ccccc2)C(=O)OCc2ccccc2)cc1. The van der Waals surface area contributed by atoms with Gasteiger partial charge in [-0.1, -0.05) is 97.1 Å². The summed E-state index contributed by atoms with van der Waals surface area (Å²) in [4.78, 5) is 40.4. The Morgan fingerprint density at radius 1 is 0.585 bits per heavy atom. The zero-order chi connectivity index (χ0) is 39.1. The molecule has 12 heteroatoms. The number of amides is 1. The van der Waals surface area contributed by atoms with E-state index in [1.54, 1.807) is 60.7 Å². The number of carbonyl (C=O) groups excluding carboxylic acids is 3. The number of hydrogen-bond donors (Lipinski definition) is 1. The fourth-order valence-electron chi connectivity index (χ4n) is 5.48. The molecule has 0 aliphatic rings. The van der Waals surface area contributed by atoms with E-state index in [4.69, 9.17) is 24.3 Å². The predicted molar refractivity (Wildman–Crippen MR) is 197 cm³/mol. The van der Waals surface area contributed by atoms with Gasteiger partial charge in [-0.25, -0.2) is 0 Å². The molecule has 2 N–H and O–H groups in total. The van der Waals surface area contributed by atoms with Gasteiger partial charge in [-0.2, -0.15) is 8.78 Å². The minimum Gasteiger partial charge on any atom is -0.460 e. The lowest BCUT2D eigenvalue weighted by Gasteiger charge is -2.36. The zero-order valence-corrected chi connectivity index (χ0v) is 31.7. The quantitative estimate of drug-likeness (QED) is 0.0725. The molecular formula is C41H46F2NO8P. The van der Waals surface area contributed by atoms with Crippen LogP contribution in [0.2, 0.25) is 0 Å². The molecule has 282 valence electrons. The Balaban J connectivity index is 1.78. The zero-order valence-electron chi connectivity index (χ0n) is 30.8. The largest absolute Gasteiger partial charge is 0.460 e. The van der Waals surface area contributed by atoms with Crippen molar-refractivity contribution in [2.45, 2.75) is 84.5 Å².